The van der Waals surface area contributed by atoms with Gasteiger partial charge in [0.1, 0.15) is 0 Å². The lowest BCUT2D eigenvalue weighted by molar-refractivity contribution is 0.101. The molecule has 2 aromatic rings. The minimum absolute atomic E-state index is 0.0167. The van der Waals surface area contributed by atoms with Gasteiger partial charge in [-0.3, -0.25) is 4.79 Å². The topological polar surface area (TPSA) is 30.2 Å². The van der Waals surface area contributed by atoms with Gasteiger partial charge >= 0.3 is 0 Å². The molecule has 0 N–H and O–H groups in total. The Kier molecular flexibility index (Phi) is 1.85. The number of halogens is 1. The molecule has 2 rings (SSSR count). The molecule has 3 heteroatoms. The summed E-state index contributed by atoms with van der Waals surface area (Å²) in [5.74, 6) is 0.0167. The molecule has 0 radical (unpaired) electrons. The molecule has 0 saturated heterocycles. The average Bonchev–Trinajstić information content (AvgIpc) is 2.53. The Balaban J connectivity index is 2.86. The number of ketones is 1. The number of hydrogen-bond donors (Lipinski definition) is 0. The van der Waals surface area contributed by atoms with Crippen molar-refractivity contribution < 1.29 is 9.21 Å². The molecule has 13 heavy (non-hydrogen) atoms. The van der Waals surface area contributed by atoms with Crippen LogP contribution in [0.15, 0.2) is 28.9 Å². The van der Waals surface area contributed by atoms with Crippen LogP contribution in [0.4, 0.5) is 0 Å². The van der Waals surface area contributed by atoms with Crippen LogP contribution < -0.4 is 0 Å². The van der Waals surface area contributed by atoms with Crippen LogP contribution >= 0.6 is 11.6 Å². The Labute approximate surface area is 80.1 Å². The highest BCUT2D eigenvalue weighted by atomic mass is 35.5. The number of furan rings is 1. The van der Waals surface area contributed by atoms with E-state index in [9.17, 15) is 4.79 Å². The minimum Gasteiger partial charge on any atom is -0.463 e. The summed E-state index contributed by atoms with van der Waals surface area (Å²) in [6.07, 6.45) is 1.53. The Morgan fingerprint density at radius 2 is 2.15 bits per heavy atom. The van der Waals surface area contributed by atoms with Crippen LogP contribution in [0.25, 0.3) is 11.0 Å². The summed E-state index contributed by atoms with van der Waals surface area (Å²) >= 11 is 5.87. The van der Waals surface area contributed by atoms with Crippen molar-refractivity contribution in [2.45, 2.75) is 6.92 Å². The van der Waals surface area contributed by atoms with Gasteiger partial charge in [0.15, 0.2) is 11.4 Å². The van der Waals surface area contributed by atoms with Gasteiger partial charge in [0.2, 0.25) is 0 Å². The summed E-state index contributed by atoms with van der Waals surface area (Å²) in [4.78, 5) is 11.2. The molecule has 2 nitrogen and oxygen atoms in total. The van der Waals surface area contributed by atoms with E-state index in [1.54, 1.807) is 18.2 Å². The number of Topliss-reactive ketones (excluding diaryl/α,β-unsaturated/α-hetero) is 1. The largest absolute Gasteiger partial charge is 0.463 e. The normalized spacial score (nSPS) is 10.6. The van der Waals surface area contributed by atoms with E-state index < -0.39 is 0 Å². The molecule has 0 spiro atoms. The fourth-order valence-corrected chi connectivity index (χ4v) is 1.54. The first-order valence-corrected chi connectivity index (χ1v) is 4.24. The van der Waals surface area contributed by atoms with Crippen molar-refractivity contribution in [3.05, 3.63) is 35.0 Å². The Bertz CT molecular complexity index is 471. The molecule has 66 valence electrons. The molecule has 1 aromatic heterocycles. The van der Waals surface area contributed by atoms with Crippen molar-refractivity contribution in [1.82, 2.24) is 0 Å². The fourth-order valence-electron chi connectivity index (χ4n) is 1.34. The smallest absolute Gasteiger partial charge is 0.160 e. The van der Waals surface area contributed by atoms with Crippen molar-refractivity contribution >= 4 is 28.4 Å². The molecule has 1 aromatic carbocycles. The van der Waals surface area contributed by atoms with E-state index in [0.29, 0.717) is 16.2 Å². The van der Waals surface area contributed by atoms with Crippen LogP contribution in [0.3, 0.4) is 0 Å². The maximum absolute atomic E-state index is 11.2. The minimum atomic E-state index is 0.0167. The average molecular weight is 195 g/mol. The van der Waals surface area contributed by atoms with E-state index in [1.165, 1.54) is 13.2 Å². The van der Waals surface area contributed by atoms with Gasteiger partial charge < -0.3 is 4.42 Å². The number of hydrogen-bond acceptors (Lipinski definition) is 2. The predicted octanol–water partition coefficient (Wildman–Crippen LogP) is 3.29. The molecule has 0 aliphatic heterocycles. The van der Waals surface area contributed by atoms with Gasteiger partial charge in [-0.05, 0) is 25.1 Å². The van der Waals surface area contributed by atoms with Crippen molar-refractivity contribution in [2.24, 2.45) is 0 Å². The van der Waals surface area contributed by atoms with E-state index in [0.717, 1.165) is 5.39 Å². The van der Waals surface area contributed by atoms with E-state index in [4.69, 9.17) is 16.0 Å². The number of carbonyl (C=O) groups is 1. The number of fused-ring (bicyclic) bond motifs is 1. The zero-order valence-corrected chi connectivity index (χ0v) is 7.76. The summed E-state index contributed by atoms with van der Waals surface area (Å²) in [6.45, 7) is 1.52. The maximum atomic E-state index is 11.2. The molecule has 0 aliphatic carbocycles. The SMILES string of the molecule is CC(=O)c1ccc(Cl)c2occc12. The molecular weight excluding hydrogens is 188 g/mol. The molecule has 1 heterocycles. The van der Waals surface area contributed by atoms with Crippen molar-refractivity contribution in [3.63, 3.8) is 0 Å². The lowest BCUT2D eigenvalue weighted by Gasteiger charge is -1.98. The van der Waals surface area contributed by atoms with Crippen LogP contribution in [0.5, 0.6) is 0 Å². The predicted molar refractivity (Wildman–Crippen MR) is 51.2 cm³/mol. The second-order valence-corrected chi connectivity index (χ2v) is 3.22. The summed E-state index contributed by atoms with van der Waals surface area (Å²) in [5.41, 5.74) is 1.22. The molecule has 0 amide bonds. The quantitative estimate of drug-likeness (QED) is 0.652. The van der Waals surface area contributed by atoms with Crippen LogP contribution in [0, 0.1) is 0 Å². The maximum Gasteiger partial charge on any atom is 0.160 e. The van der Waals surface area contributed by atoms with Crippen molar-refractivity contribution in [2.75, 3.05) is 0 Å². The van der Waals surface area contributed by atoms with Gasteiger partial charge in [-0.15, -0.1) is 0 Å². The molecule has 0 saturated carbocycles. The van der Waals surface area contributed by atoms with Crippen LogP contribution in [0.1, 0.15) is 17.3 Å². The standard InChI is InChI=1S/C10H7ClO2/c1-6(12)7-2-3-9(11)10-8(7)4-5-13-10/h2-5H,1H3. The highest BCUT2D eigenvalue weighted by Crippen LogP contribution is 2.27. The van der Waals surface area contributed by atoms with Crippen molar-refractivity contribution in [3.8, 4) is 0 Å². The molecule has 0 fully saturated rings. The van der Waals surface area contributed by atoms with Crippen LogP contribution in [0.2, 0.25) is 5.02 Å². The van der Waals surface area contributed by atoms with Gasteiger partial charge in [-0.1, -0.05) is 11.6 Å². The summed E-state index contributed by atoms with van der Waals surface area (Å²) in [7, 11) is 0. The number of carbonyl (C=O) groups excluding carboxylic acids is 1. The van der Waals surface area contributed by atoms with Crippen LogP contribution in [-0.4, -0.2) is 5.78 Å². The van der Waals surface area contributed by atoms with E-state index in [2.05, 4.69) is 0 Å². The van der Waals surface area contributed by atoms with Gasteiger partial charge in [0.25, 0.3) is 0 Å². The molecule has 0 unspecified atom stereocenters. The number of rotatable bonds is 1. The second kappa shape index (κ2) is 2.89. The van der Waals surface area contributed by atoms with Crippen LogP contribution in [-0.2, 0) is 0 Å². The Morgan fingerprint density at radius 1 is 1.38 bits per heavy atom. The van der Waals surface area contributed by atoms with Gasteiger partial charge in [0, 0.05) is 10.9 Å². The molecule has 0 aliphatic rings. The van der Waals surface area contributed by atoms with Gasteiger partial charge in [0.05, 0.1) is 11.3 Å². The zero-order valence-electron chi connectivity index (χ0n) is 7.00. The molecule has 0 bridgehead atoms. The van der Waals surface area contributed by atoms with E-state index in [-0.39, 0.29) is 5.78 Å². The first-order valence-electron chi connectivity index (χ1n) is 3.87. The highest BCUT2D eigenvalue weighted by molar-refractivity contribution is 6.35. The molecular formula is C10H7ClO2. The van der Waals surface area contributed by atoms with E-state index >= 15 is 0 Å². The lowest BCUT2D eigenvalue weighted by atomic mass is 10.1. The highest BCUT2D eigenvalue weighted by Gasteiger charge is 2.09. The summed E-state index contributed by atoms with van der Waals surface area (Å²) in [6, 6.07) is 5.13. The first-order chi connectivity index (χ1) is 6.20. The Hall–Kier alpha value is -1.28. The third-order valence-electron chi connectivity index (χ3n) is 1.95. The zero-order chi connectivity index (χ0) is 9.42. The van der Waals surface area contributed by atoms with Gasteiger partial charge in [-0.2, -0.15) is 0 Å². The summed E-state index contributed by atoms with van der Waals surface area (Å²) in [5, 5.41) is 1.31. The first kappa shape index (κ1) is 8.32. The monoisotopic (exact) mass is 194 g/mol. The second-order valence-electron chi connectivity index (χ2n) is 2.81. The fraction of sp³-hybridized carbons (Fsp3) is 0.100. The van der Waals surface area contributed by atoms with Gasteiger partial charge in [-0.25, -0.2) is 0 Å². The van der Waals surface area contributed by atoms with Crippen molar-refractivity contribution in [1.29, 1.82) is 0 Å². The number of benzene rings is 1. The third-order valence-corrected chi connectivity index (χ3v) is 2.25. The lowest BCUT2D eigenvalue weighted by Crippen LogP contribution is -1.91. The third kappa shape index (κ3) is 1.23. The summed E-state index contributed by atoms with van der Waals surface area (Å²) < 4.78 is 5.16. The molecule has 0 atom stereocenters. The Morgan fingerprint density at radius 3 is 2.85 bits per heavy atom. The van der Waals surface area contributed by atoms with E-state index in [1.807, 2.05) is 0 Å².